The van der Waals surface area contributed by atoms with E-state index in [2.05, 4.69) is 21.2 Å². The maximum Gasteiger partial charge on any atom is 0.404 e. The van der Waals surface area contributed by atoms with Gasteiger partial charge in [0.05, 0.1) is 0 Å². The van der Waals surface area contributed by atoms with Crippen LogP contribution in [0.5, 0.6) is 0 Å². The smallest absolute Gasteiger partial charge is 0.306 e. The highest BCUT2D eigenvalue weighted by Gasteiger charge is 2.39. The summed E-state index contributed by atoms with van der Waals surface area (Å²) in [6.07, 6.45) is -3.52. The van der Waals surface area contributed by atoms with Gasteiger partial charge in [0.15, 0.2) is 0 Å². The summed E-state index contributed by atoms with van der Waals surface area (Å²) >= 11 is 4.59. The minimum atomic E-state index is -4.20. The molecule has 1 atom stereocenters. The molecule has 92 valence electrons. The van der Waals surface area contributed by atoms with Gasteiger partial charge in [-0.1, -0.05) is 6.92 Å². The summed E-state index contributed by atoms with van der Waals surface area (Å²) in [5.41, 5.74) is 0. The van der Waals surface area contributed by atoms with Crippen molar-refractivity contribution in [2.45, 2.75) is 32.0 Å². The number of thiophene rings is 1. The predicted molar refractivity (Wildman–Crippen MR) is 63.9 cm³/mol. The quantitative estimate of drug-likeness (QED) is 0.866. The molecule has 0 spiro atoms. The lowest BCUT2D eigenvalue weighted by Crippen LogP contribution is -2.44. The first-order chi connectivity index (χ1) is 7.45. The normalized spacial score (nSPS) is 14.1. The SMILES string of the molecule is CCCNC(Cc1sccc1Br)C(F)(F)F. The molecule has 0 aromatic carbocycles. The standard InChI is InChI=1S/C10H13BrF3NS/c1-2-4-15-9(10(12,13)14)6-8-7(11)3-5-16-8/h3,5,9,15H,2,4,6H2,1H3. The van der Waals surface area contributed by atoms with E-state index in [1.54, 1.807) is 11.4 Å². The molecule has 0 saturated carbocycles. The topological polar surface area (TPSA) is 12.0 Å². The molecule has 0 saturated heterocycles. The third-order valence-corrected chi connectivity index (χ3v) is 4.07. The Balaban J connectivity index is 2.67. The summed E-state index contributed by atoms with van der Waals surface area (Å²) in [6.45, 7) is 2.23. The number of hydrogen-bond acceptors (Lipinski definition) is 2. The molecular formula is C10H13BrF3NS. The van der Waals surface area contributed by atoms with Crippen molar-refractivity contribution in [1.29, 1.82) is 0 Å². The molecule has 1 rings (SSSR count). The molecule has 1 nitrogen and oxygen atoms in total. The van der Waals surface area contributed by atoms with Crippen molar-refractivity contribution in [2.24, 2.45) is 0 Å². The minimum absolute atomic E-state index is 0.0122. The van der Waals surface area contributed by atoms with E-state index in [0.717, 1.165) is 9.35 Å². The van der Waals surface area contributed by atoms with Crippen LogP contribution in [-0.2, 0) is 6.42 Å². The molecular weight excluding hydrogens is 303 g/mol. The third-order valence-electron chi connectivity index (χ3n) is 2.12. The Morgan fingerprint density at radius 1 is 1.50 bits per heavy atom. The van der Waals surface area contributed by atoms with Crippen molar-refractivity contribution in [3.05, 3.63) is 20.8 Å². The Bertz CT molecular complexity index is 324. The lowest BCUT2D eigenvalue weighted by Gasteiger charge is -2.21. The number of hydrogen-bond donors (Lipinski definition) is 1. The zero-order chi connectivity index (χ0) is 12.2. The lowest BCUT2D eigenvalue weighted by atomic mass is 10.1. The zero-order valence-electron chi connectivity index (χ0n) is 8.77. The van der Waals surface area contributed by atoms with Crippen LogP contribution in [0, 0.1) is 0 Å². The van der Waals surface area contributed by atoms with Gasteiger partial charge in [0.2, 0.25) is 0 Å². The van der Waals surface area contributed by atoms with Gasteiger partial charge in [-0.3, -0.25) is 0 Å². The van der Waals surface area contributed by atoms with E-state index in [-0.39, 0.29) is 6.42 Å². The Labute approximate surface area is 105 Å². The van der Waals surface area contributed by atoms with Gasteiger partial charge in [0, 0.05) is 15.8 Å². The molecule has 0 amide bonds. The van der Waals surface area contributed by atoms with E-state index < -0.39 is 12.2 Å². The Kier molecular flexibility index (Phi) is 5.27. The van der Waals surface area contributed by atoms with Gasteiger partial charge in [0.1, 0.15) is 6.04 Å². The van der Waals surface area contributed by atoms with Crippen LogP contribution >= 0.6 is 27.3 Å². The summed E-state index contributed by atoms with van der Waals surface area (Å²) in [7, 11) is 0. The molecule has 1 aromatic rings. The van der Waals surface area contributed by atoms with E-state index in [1.807, 2.05) is 6.92 Å². The second-order valence-corrected chi connectivity index (χ2v) is 5.30. The van der Waals surface area contributed by atoms with Crippen molar-refractivity contribution >= 4 is 27.3 Å². The molecule has 1 aromatic heterocycles. The Morgan fingerprint density at radius 2 is 2.19 bits per heavy atom. The van der Waals surface area contributed by atoms with Gasteiger partial charge in [-0.25, -0.2) is 0 Å². The fraction of sp³-hybridized carbons (Fsp3) is 0.600. The van der Waals surface area contributed by atoms with Crippen LogP contribution in [0.1, 0.15) is 18.2 Å². The number of alkyl halides is 3. The molecule has 0 bridgehead atoms. The first kappa shape index (κ1) is 14.0. The Hall–Kier alpha value is -0.0700. The maximum absolute atomic E-state index is 12.7. The van der Waals surface area contributed by atoms with E-state index in [4.69, 9.17) is 0 Å². The van der Waals surface area contributed by atoms with Crippen LogP contribution in [0.15, 0.2) is 15.9 Å². The summed E-state index contributed by atoms with van der Waals surface area (Å²) in [5, 5.41) is 4.32. The van der Waals surface area contributed by atoms with Gasteiger partial charge in [0.25, 0.3) is 0 Å². The largest absolute Gasteiger partial charge is 0.404 e. The zero-order valence-corrected chi connectivity index (χ0v) is 11.2. The second-order valence-electron chi connectivity index (χ2n) is 3.44. The molecule has 1 unspecified atom stereocenters. The van der Waals surface area contributed by atoms with Crippen LogP contribution < -0.4 is 5.32 Å². The maximum atomic E-state index is 12.7. The third kappa shape index (κ3) is 4.07. The lowest BCUT2D eigenvalue weighted by molar-refractivity contribution is -0.155. The Morgan fingerprint density at radius 3 is 2.62 bits per heavy atom. The van der Waals surface area contributed by atoms with Crippen LogP contribution in [0.2, 0.25) is 0 Å². The molecule has 1 heterocycles. The average Bonchev–Trinajstić information content (AvgIpc) is 2.57. The average molecular weight is 316 g/mol. The van der Waals surface area contributed by atoms with Gasteiger partial charge < -0.3 is 5.32 Å². The summed E-state index contributed by atoms with van der Waals surface area (Å²) in [6, 6.07) is 0.315. The van der Waals surface area contributed by atoms with Crippen LogP contribution in [0.25, 0.3) is 0 Å². The van der Waals surface area contributed by atoms with Crippen molar-refractivity contribution in [3.8, 4) is 0 Å². The molecule has 0 aliphatic carbocycles. The minimum Gasteiger partial charge on any atom is -0.306 e. The number of halogens is 4. The summed E-state index contributed by atoms with van der Waals surface area (Å²) in [5.74, 6) is 0. The van der Waals surface area contributed by atoms with Gasteiger partial charge in [-0.05, 0) is 40.3 Å². The first-order valence-electron chi connectivity index (χ1n) is 4.97. The second kappa shape index (κ2) is 6.02. The van der Waals surface area contributed by atoms with Crippen LogP contribution in [0.4, 0.5) is 13.2 Å². The van der Waals surface area contributed by atoms with Crippen LogP contribution in [0.3, 0.4) is 0 Å². The number of rotatable bonds is 5. The van der Waals surface area contributed by atoms with Gasteiger partial charge in [-0.15, -0.1) is 11.3 Å². The fourth-order valence-corrected chi connectivity index (χ4v) is 2.84. The van der Waals surface area contributed by atoms with Crippen molar-refractivity contribution in [1.82, 2.24) is 5.32 Å². The highest BCUT2D eigenvalue weighted by atomic mass is 79.9. The number of nitrogens with one attached hydrogen (secondary N) is 1. The van der Waals surface area contributed by atoms with E-state index in [9.17, 15) is 13.2 Å². The molecule has 1 N–H and O–H groups in total. The summed E-state index contributed by atoms with van der Waals surface area (Å²) < 4.78 is 38.8. The van der Waals surface area contributed by atoms with Gasteiger partial charge >= 0.3 is 6.18 Å². The molecule has 0 fully saturated rings. The molecule has 0 aliphatic heterocycles. The van der Waals surface area contributed by atoms with Crippen molar-refractivity contribution in [2.75, 3.05) is 6.54 Å². The molecule has 16 heavy (non-hydrogen) atoms. The highest BCUT2D eigenvalue weighted by molar-refractivity contribution is 9.10. The fourth-order valence-electron chi connectivity index (χ4n) is 1.28. The molecule has 0 aliphatic rings. The van der Waals surface area contributed by atoms with E-state index >= 15 is 0 Å². The monoisotopic (exact) mass is 315 g/mol. The predicted octanol–water partition coefficient (Wildman–Crippen LogP) is 3.98. The van der Waals surface area contributed by atoms with Crippen molar-refractivity contribution < 1.29 is 13.2 Å². The first-order valence-corrected chi connectivity index (χ1v) is 6.64. The molecule has 6 heteroatoms. The molecule has 0 radical (unpaired) electrons. The van der Waals surface area contributed by atoms with Crippen molar-refractivity contribution in [3.63, 3.8) is 0 Å². The van der Waals surface area contributed by atoms with E-state index in [1.165, 1.54) is 11.3 Å². The summed E-state index contributed by atoms with van der Waals surface area (Å²) in [4.78, 5) is 0.728. The van der Waals surface area contributed by atoms with Crippen LogP contribution in [-0.4, -0.2) is 18.8 Å². The van der Waals surface area contributed by atoms with E-state index in [0.29, 0.717) is 13.0 Å². The van der Waals surface area contributed by atoms with Gasteiger partial charge in [-0.2, -0.15) is 13.2 Å². The highest BCUT2D eigenvalue weighted by Crippen LogP contribution is 2.29.